The Hall–Kier alpha value is -6.41. The molecule has 2 saturated heterocycles. The van der Waals surface area contributed by atoms with Crippen molar-refractivity contribution >= 4 is 79.7 Å². The van der Waals surface area contributed by atoms with Crippen molar-refractivity contribution in [2.75, 3.05) is 33.6 Å². The number of carbonyl (C=O) groups is 4. The lowest BCUT2D eigenvalue weighted by Gasteiger charge is -2.29. The van der Waals surface area contributed by atoms with E-state index in [1.807, 2.05) is 60.0 Å². The minimum Gasteiger partial charge on any atom is -0.453 e. The highest BCUT2D eigenvalue weighted by Crippen LogP contribution is 2.40. The number of thioether (sulfide) groups is 1. The third kappa shape index (κ3) is 7.96. The quantitative estimate of drug-likeness (QED) is 0.124. The fourth-order valence-electron chi connectivity index (χ4n) is 9.58. The van der Waals surface area contributed by atoms with Gasteiger partial charge in [0.15, 0.2) is 0 Å². The van der Waals surface area contributed by atoms with Crippen molar-refractivity contribution in [3.8, 4) is 11.1 Å². The standard InChI is InChI=1S/C49H51N7O6S/c1-27(2)42(53-48(59)61-3)46(57)55-21-9-12-40(55)45-51-38-20-16-32-23-30(14-18-35(32)44(38)52-45)29-13-17-34-31(22-29)15-19-37-36(34)25-39(50-37)41-24-33(63-5)26-56(41)47(58)43(54-49(60)62-4)28-10-7-6-8-11-28/h6-8,10-11,13-20,22-23,27,33,40-43H,9,12,21,24-26H2,1-5H3,(H,51,52)(H,53,59)(H,54,60)/t33-,40-,41-,42-,43+/m0/s1. The van der Waals surface area contributed by atoms with E-state index in [1.165, 1.54) is 14.2 Å². The maximum Gasteiger partial charge on any atom is 0.407 e. The monoisotopic (exact) mass is 865 g/mol. The molecule has 4 heterocycles. The van der Waals surface area contributed by atoms with E-state index in [1.54, 1.807) is 11.8 Å². The number of aromatic nitrogens is 2. The molecule has 13 nitrogen and oxygen atoms in total. The third-order valence-corrected chi connectivity index (χ3v) is 13.9. The zero-order valence-corrected chi connectivity index (χ0v) is 36.8. The molecule has 63 heavy (non-hydrogen) atoms. The van der Waals surface area contributed by atoms with Crippen molar-refractivity contribution in [3.05, 3.63) is 108 Å². The van der Waals surface area contributed by atoms with Crippen LogP contribution in [-0.4, -0.2) is 100 Å². The van der Waals surface area contributed by atoms with Crippen LogP contribution >= 0.6 is 11.8 Å². The number of benzene rings is 5. The third-order valence-electron chi connectivity index (χ3n) is 12.9. The lowest BCUT2D eigenvalue weighted by atomic mass is 9.94. The van der Waals surface area contributed by atoms with E-state index in [0.29, 0.717) is 25.1 Å². The Bertz CT molecular complexity index is 2790. The second-order valence-corrected chi connectivity index (χ2v) is 18.1. The van der Waals surface area contributed by atoms with E-state index in [2.05, 4.69) is 76.5 Å². The number of likely N-dealkylation sites (tertiary alicyclic amines) is 2. The van der Waals surface area contributed by atoms with E-state index in [0.717, 1.165) is 85.8 Å². The number of hydrogen-bond acceptors (Lipinski definition) is 9. The van der Waals surface area contributed by atoms with E-state index >= 15 is 0 Å². The summed E-state index contributed by atoms with van der Waals surface area (Å²) in [5, 5.41) is 10.1. The van der Waals surface area contributed by atoms with Crippen molar-refractivity contribution in [3.63, 3.8) is 0 Å². The first-order valence-electron chi connectivity index (χ1n) is 21.5. The number of carbonyl (C=O) groups excluding carboxylic acids is 4. The van der Waals surface area contributed by atoms with Crippen LogP contribution in [0.2, 0.25) is 0 Å². The number of methoxy groups -OCH3 is 2. The number of nitrogens with zero attached hydrogens (tertiary/aromatic N) is 4. The summed E-state index contributed by atoms with van der Waals surface area (Å²) in [7, 11) is 2.60. The Morgan fingerprint density at radius 2 is 1.51 bits per heavy atom. The number of H-pyrrole nitrogens is 1. The zero-order valence-electron chi connectivity index (χ0n) is 36.0. The highest BCUT2D eigenvalue weighted by atomic mass is 32.2. The molecular formula is C49H51N7O6S. The molecule has 6 aromatic rings. The van der Waals surface area contributed by atoms with Crippen LogP contribution in [0.15, 0.2) is 96.0 Å². The summed E-state index contributed by atoms with van der Waals surface area (Å²) in [6.45, 7) is 4.97. The first kappa shape index (κ1) is 41.9. The highest BCUT2D eigenvalue weighted by molar-refractivity contribution is 7.99. The molecule has 3 aliphatic rings. The van der Waals surface area contributed by atoms with Gasteiger partial charge >= 0.3 is 12.2 Å². The zero-order chi connectivity index (χ0) is 43.9. The van der Waals surface area contributed by atoms with Gasteiger partial charge in [0, 0.05) is 35.9 Å². The summed E-state index contributed by atoms with van der Waals surface area (Å²) in [4.78, 5) is 70.1. The summed E-state index contributed by atoms with van der Waals surface area (Å²) in [6.07, 6.45) is 3.82. The molecule has 0 unspecified atom stereocenters. The molecule has 0 radical (unpaired) electrons. The lowest BCUT2D eigenvalue weighted by molar-refractivity contribution is -0.135. The van der Waals surface area contributed by atoms with Crippen molar-refractivity contribution in [1.82, 2.24) is 30.4 Å². The van der Waals surface area contributed by atoms with E-state index in [-0.39, 0.29) is 35.1 Å². The molecular weight excluding hydrogens is 815 g/mol. The van der Waals surface area contributed by atoms with E-state index < -0.39 is 24.3 Å². The van der Waals surface area contributed by atoms with Crippen molar-refractivity contribution < 1.29 is 28.7 Å². The van der Waals surface area contributed by atoms with Gasteiger partial charge in [-0.05, 0) is 94.1 Å². The van der Waals surface area contributed by atoms with Gasteiger partial charge in [-0.3, -0.25) is 14.6 Å². The van der Waals surface area contributed by atoms with Crippen LogP contribution in [0, 0.1) is 5.92 Å². The number of imidazole rings is 1. The van der Waals surface area contributed by atoms with Crippen molar-refractivity contribution in [2.45, 2.75) is 68.9 Å². The smallest absolute Gasteiger partial charge is 0.407 e. The van der Waals surface area contributed by atoms with Gasteiger partial charge in [-0.25, -0.2) is 14.6 Å². The predicted octanol–water partition coefficient (Wildman–Crippen LogP) is 8.64. The van der Waals surface area contributed by atoms with Gasteiger partial charge in [0.25, 0.3) is 5.91 Å². The largest absolute Gasteiger partial charge is 0.453 e. The Labute approximate surface area is 370 Å². The fourth-order valence-corrected chi connectivity index (χ4v) is 10.3. The molecule has 0 spiro atoms. The summed E-state index contributed by atoms with van der Waals surface area (Å²) >= 11 is 1.75. The van der Waals surface area contributed by atoms with Crippen LogP contribution in [0.5, 0.6) is 0 Å². The Morgan fingerprint density at radius 1 is 0.810 bits per heavy atom. The minimum atomic E-state index is -0.884. The van der Waals surface area contributed by atoms with Crippen LogP contribution in [0.4, 0.5) is 15.3 Å². The molecule has 3 aliphatic heterocycles. The second kappa shape index (κ2) is 17.4. The topological polar surface area (TPSA) is 158 Å². The van der Waals surface area contributed by atoms with Gasteiger partial charge in [0.2, 0.25) is 5.91 Å². The van der Waals surface area contributed by atoms with Gasteiger partial charge in [-0.2, -0.15) is 11.8 Å². The number of alkyl carbamates (subject to hydrolysis) is 2. The van der Waals surface area contributed by atoms with Gasteiger partial charge in [-0.1, -0.05) is 80.6 Å². The molecule has 5 aromatic carbocycles. The molecule has 14 heteroatoms. The summed E-state index contributed by atoms with van der Waals surface area (Å²) in [5.74, 6) is 0.312. The van der Waals surface area contributed by atoms with Crippen LogP contribution in [-0.2, 0) is 25.5 Å². The van der Waals surface area contributed by atoms with E-state index in [9.17, 15) is 19.2 Å². The Morgan fingerprint density at radius 3 is 2.22 bits per heavy atom. The van der Waals surface area contributed by atoms with Crippen LogP contribution in [0.1, 0.15) is 62.1 Å². The number of nitrogens with one attached hydrogen (secondary N) is 3. The predicted molar refractivity (Wildman–Crippen MR) is 247 cm³/mol. The summed E-state index contributed by atoms with van der Waals surface area (Å²) < 4.78 is 9.71. The molecule has 4 amide bonds. The molecule has 3 N–H and O–H groups in total. The van der Waals surface area contributed by atoms with Crippen LogP contribution in [0.25, 0.3) is 43.7 Å². The lowest BCUT2D eigenvalue weighted by Crippen LogP contribution is -2.51. The molecule has 0 aliphatic carbocycles. The maximum absolute atomic E-state index is 14.4. The SMILES string of the molecule is COC(=O)N[C@H](C(=O)N1CCC[C@H]1c1nc2c(ccc3cc(-c4ccc5c6c(ccc5c4)N=C([C@@H]4C[C@H](SC)CN4C(=O)[C@H](NC(=O)OC)c4ccccc4)C6)ccc32)[nH]1)C(C)C. The van der Waals surface area contributed by atoms with Crippen LogP contribution < -0.4 is 10.6 Å². The van der Waals surface area contributed by atoms with Gasteiger partial charge in [0.1, 0.15) is 17.9 Å². The normalized spacial score (nSPS) is 19.3. The van der Waals surface area contributed by atoms with Crippen molar-refractivity contribution in [2.24, 2.45) is 10.9 Å². The number of aliphatic imine (C=N–C) groups is 1. The summed E-state index contributed by atoms with van der Waals surface area (Å²) in [5.41, 5.74) is 7.66. The van der Waals surface area contributed by atoms with Crippen LogP contribution in [0.3, 0.4) is 0 Å². The van der Waals surface area contributed by atoms with Gasteiger partial charge in [-0.15, -0.1) is 0 Å². The first-order valence-corrected chi connectivity index (χ1v) is 22.8. The fraction of sp³-hybridized carbons (Fsp3) is 0.347. The van der Waals surface area contributed by atoms with Gasteiger partial charge in [0.05, 0.1) is 43.0 Å². The molecule has 2 fully saturated rings. The first-order chi connectivity index (χ1) is 30.5. The second-order valence-electron chi connectivity index (χ2n) is 16.9. The average molecular weight is 866 g/mol. The highest BCUT2D eigenvalue weighted by Gasteiger charge is 2.43. The number of ether oxygens (including phenoxy) is 2. The maximum atomic E-state index is 14.4. The molecule has 0 saturated carbocycles. The molecule has 0 bridgehead atoms. The summed E-state index contributed by atoms with van der Waals surface area (Å²) in [6, 6.07) is 28.7. The Balaban J connectivity index is 0.952. The number of aromatic amines is 1. The molecule has 1 aromatic heterocycles. The molecule has 9 rings (SSSR count). The molecule has 324 valence electrons. The molecule has 5 atom stereocenters. The minimum absolute atomic E-state index is 0.115. The number of hydrogen-bond donors (Lipinski definition) is 3. The number of amides is 4. The number of fused-ring (bicyclic) bond motifs is 6. The Kier molecular flexibility index (Phi) is 11.6. The number of rotatable bonds is 10. The average Bonchev–Trinajstić information content (AvgIpc) is 4.14. The van der Waals surface area contributed by atoms with Crippen molar-refractivity contribution in [1.29, 1.82) is 0 Å². The van der Waals surface area contributed by atoms with E-state index in [4.69, 9.17) is 19.5 Å². The van der Waals surface area contributed by atoms with Gasteiger partial charge < -0.3 is 34.9 Å².